The molecule has 2 rings (SSSR count). The van der Waals surface area contributed by atoms with Crippen LogP contribution in [-0.4, -0.2) is 24.1 Å². The van der Waals surface area contributed by atoms with Crippen LogP contribution in [0, 0.1) is 10.1 Å². The Balaban J connectivity index is 1.77. The molecule has 0 saturated carbocycles. The molecule has 0 bridgehead atoms. The molecule has 0 radical (unpaired) electrons. The van der Waals surface area contributed by atoms with E-state index in [9.17, 15) is 14.9 Å². The van der Waals surface area contributed by atoms with Gasteiger partial charge in [-0.25, -0.2) is 4.79 Å². The van der Waals surface area contributed by atoms with Gasteiger partial charge in [0.05, 0.1) is 29.5 Å². The molecule has 0 heterocycles. The second-order valence-electron chi connectivity index (χ2n) is 5.34. The summed E-state index contributed by atoms with van der Waals surface area (Å²) in [5, 5.41) is 18.7. The fraction of sp³-hybridized carbons (Fsp3) is 0.211. The van der Waals surface area contributed by atoms with Gasteiger partial charge in [0, 0.05) is 24.6 Å². The molecule has 0 N–H and O–H groups in total. The van der Waals surface area contributed by atoms with Gasteiger partial charge in [0.1, 0.15) is 5.75 Å². The minimum absolute atomic E-state index is 0.00652. The molecule has 2 aromatic rings. The smallest absolute Gasteiger partial charge is 0.330 e. The van der Waals surface area contributed by atoms with E-state index >= 15 is 0 Å². The predicted molar refractivity (Wildman–Crippen MR) is 99.6 cm³/mol. The van der Waals surface area contributed by atoms with Gasteiger partial charge >= 0.3 is 5.97 Å². The fourth-order valence-electron chi connectivity index (χ4n) is 1.97. The van der Waals surface area contributed by atoms with Crippen molar-refractivity contribution in [1.29, 1.82) is 0 Å². The van der Waals surface area contributed by atoms with Crippen LogP contribution in [0.2, 0.25) is 0 Å². The molecule has 0 amide bonds. The van der Waals surface area contributed by atoms with Crippen molar-refractivity contribution in [3.05, 3.63) is 70.8 Å². The molecule has 8 heteroatoms. The number of azo groups is 1. The Bertz CT molecular complexity index is 814. The van der Waals surface area contributed by atoms with Crippen LogP contribution < -0.4 is 4.74 Å². The molecule has 0 unspecified atom stereocenters. The average Bonchev–Trinajstić information content (AvgIpc) is 2.67. The van der Waals surface area contributed by atoms with E-state index in [0.29, 0.717) is 36.8 Å². The third-order valence-corrected chi connectivity index (χ3v) is 3.28. The number of hydrogen-bond acceptors (Lipinski definition) is 7. The molecule has 8 nitrogen and oxygen atoms in total. The Labute approximate surface area is 156 Å². The van der Waals surface area contributed by atoms with Gasteiger partial charge in [-0.1, -0.05) is 6.08 Å². The molecule has 0 saturated heterocycles. The highest BCUT2D eigenvalue weighted by atomic mass is 16.6. The van der Waals surface area contributed by atoms with Crippen LogP contribution in [-0.2, 0) is 9.53 Å². The number of carbonyl (C=O) groups is 1. The van der Waals surface area contributed by atoms with E-state index in [1.54, 1.807) is 37.3 Å². The lowest BCUT2D eigenvalue weighted by molar-refractivity contribution is -0.384. The summed E-state index contributed by atoms with van der Waals surface area (Å²) in [5.74, 6) is 0.310. The van der Waals surface area contributed by atoms with E-state index in [1.165, 1.54) is 30.3 Å². The van der Waals surface area contributed by atoms with E-state index < -0.39 is 4.92 Å². The predicted octanol–water partition coefficient (Wildman–Crippen LogP) is 4.90. The normalized spacial score (nSPS) is 11.0. The first-order valence-corrected chi connectivity index (χ1v) is 8.27. The number of esters is 1. The highest BCUT2D eigenvalue weighted by Gasteiger charge is 2.03. The van der Waals surface area contributed by atoms with Crippen LogP contribution in [0.1, 0.15) is 13.3 Å². The minimum atomic E-state index is -0.466. The third kappa shape index (κ3) is 7.07. The van der Waals surface area contributed by atoms with Crippen molar-refractivity contribution in [2.75, 3.05) is 13.2 Å². The largest absolute Gasteiger partial charge is 0.493 e. The van der Waals surface area contributed by atoms with Crippen LogP contribution in [0.4, 0.5) is 17.1 Å². The number of rotatable bonds is 9. The van der Waals surface area contributed by atoms with Crippen molar-refractivity contribution < 1.29 is 19.2 Å². The van der Waals surface area contributed by atoms with Crippen LogP contribution >= 0.6 is 0 Å². The molecule has 0 aliphatic rings. The number of nitrogens with zero attached hydrogens (tertiary/aromatic N) is 3. The van der Waals surface area contributed by atoms with Gasteiger partial charge in [0.15, 0.2) is 0 Å². The maximum absolute atomic E-state index is 11.1. The lowest BCUT2D eigenvalue weighted by atomic mass is 10.3. The van der Waals surface area contributed by atoms with Crippen molar-refractivity contribution in [2.45, 2.75) is 13.3 Å². The van der Waals surface area contributed by atoms with Gasteiger partial charge in [-0.05, 0) is 43.3 Å². The number of hydrogen-bond donors (Lipinski definition) is 0. The summed E-state index contributed by atoms with van der Waals surface area (Å²) in [4.78, 5) is 21.3. The van der Waals surface area contributed by atoms with E-state index in [0.717, 1.165) is 0 Å². The van der Waals surface area contributed by atoms with Crippen LogP contribution in [0.5, 0.6) is 5.75 Å². The second-order valence-corrected chi connectivity index (χ2v) is 5.34. The first-order chi connectivity index (χ1) is 13.1. The summed E-state index contributed by atoms with van der Waals surface area (Å²) in [6.45, 7) is 2.47. The Morgan fingerprint density at radius 2 is 1.63 bits per heavy atom. The average molecular weight is 369 g/mol. The van der Waals surface area contributed by atoms with Gasteiger partial charge in [-0.15, -0.1) is 0 Å². The monoisotopic (exact) mass is 369 g/mol. The maximum Gasteiger partial charge on any atom is 0.330 e. The van der Waals surface area contributed by atoms with Crippen LogP contribution in [0.25, 0.3) is 0 Å². The summed E-state index contributed by atoms with van der Waals surface area (Å²) in [6, 6.07) is 12.8. The number of nitro benzene ring substituents is 1. The number of benzene rings is 2. The van der Waals surface area contributed by atoms with Crippen LogP contribution in [0.15, 0.2) is 70.9 Å². The number of ether oxygens (including phenoxy) is 2. The summed E-state index contributed by atoms with van der Waals surface area (Å²) in [7, 11) is 0. The van der Waals surface area contributed by atoms with E-state index in [1.807, 2.05) is 0 Å². The molecule has 27 heavy (non-hydrogen) atoms. The lowest BCUT2D eigenvalue weighted by Gasteiger charge is -2.06. The zero-order valence-electron chi connectivity index (χ0n) is 14.8. The topological polar surface area (TPSA) is 103 Å². The molecule has 0 spiro atoms. The number of carbonyl (C=O) groups excluding carboxylic acids is 1. The Hall–Kier alpha value is -3.55. The molecule has 0 aliphatic carbocycles. The first-order valence-electron chi connectivity index (χ1n) is 8.27. The van der Waals surface area contributed by atoms with Crippen molar-refractivity contribution in [1.82, 2.24) is 0 Å². The van der Waals surface area contributed by atoms with Gasteiger partial charge in [-0.2, -0.15) is 10.2 Å². The van der Waals surface area contributed by atoms with Gasteiger partial charge in [0.2, 0.25) is 0 Å². The molecular formula is C19H19N3O5. The van der Waals surface area contributed by atoms with Crippen LogP contribution in [0.3, 0.4) is 0 Å². The zero-order chi connectivity index (χ0) is 19.5. The molecule has 0 fully saturated rings. The first kappa shape index (κ1) is 19.8. The molecule has 2 aromatic carbocycles. The quantitative estimate of drug-likeness (QED) is 0.156. The van der Waals surface area contributed by atoms with Gasteiger partial charge < -0.3 is 9.47 Å². The van der Waals surface area contributed by atoms with Crippen molar-refractivity contribution >= 4 is 23.0 Å². The van der Waals surface area contributed by atoms with Crippen molar-refractivity contribution in [3.8, 4) is 5.75 Å². The number of nitro groups is 1. The molecule has 0 atom stereocenters. The van der Waals surface area contributed by atoms with Crippen molar-refractivity contribution in [2.24, 2.45) is 10.2 Å². The Morgan fingerprint density at radius 3 is 2.19 bits per heavy atom. The highest BCUT2D eigenvalue weighted by Crippen LogP contribution is 2.23. The summed E-state index contributed by atoms with van der Waals surface area (Å²) >= 11 is 0. The number of non-ortho nitro benzene ring substituents is 1. The lowest BCUT2D eigenvalue weighted by Crippen LogP contribution is -2.06. The van der Waals surface area contributed by atoms with E-state index in [4.69, 9.17) is 9.47 Å². The Kier molecular flexibility index (Phi) is 7.65. The number of allylic oxidation sites excluding steroid dienone is 1. The summed E-state index contributed by atoms with van der Waals surface area (Å²) in [6.07, 6.45) is 3.58. The van der Waals surface area contributed by atoms with Crippen molar-refractivity contribution in [3.63, 3.8) is 0 Å². The summed E-state index contributed by atoms with van der Waals surface area (Å²) < 4.78 is 10.5. The van der Waals surface area contributed by atoms with Gasteiger partial charge in [0.25, 0.3) is 5.69 Å². The third-order valence-electron chi connectivity index (χ3n) is 3.28. The highest BCUT2D eigenvalue weighted by molar-refractivity contribution is 5.81. The van der Waals surface area contributed by atoms with E-state index in [-0.39, 0.29) is 11.7 Å². The van der Waals surface area contributed by atoms with E-state index in [2.05, 4.69) is 10.2 Å². The fourth-order valence-corrected chi connectivity index (χ4v) is 1.97. The second kappa shape index (κ2) is 10.4. The summed E-state index contributed by atoms with van der Waals surface area (Å²) in [5.41, 5.74) is 1.15. The van der Waals surface area contributed by atoms with Gasteiger partial charge in [-0.3, -0.25) is 10.1 Å². The minimum Gasteiger partial charge on any atom is -0.493 e. The molecule has 140 valence electrons. The zero-order valence-corrected chi connectivity index (χ0v) is 14.8. The maximum atomic E-state index is 11.1. The molecule has 0 aliphatic heterocycles. The SMILES string of the molecule is CC=CC(=O)OCCCOc1ccc(N=Nc2ccc([N+](=O)[O-])cc2)cc1. The molecule has 0 aromatic heterocycles. The Morgan fingerprint density at radius 1 is 1.04 bits per heavy atom. The standard InChI is InChI=1S/C19H19N3O5/c1-2-4-19(23)27-14-3-13-26-18-11-7-16(8-12-18)21-20-15-5-9-17(10-6-15)22(24)25/h2,4-12H,3,13-14H2,1H3. The molecular weight excluding hydrogens is 350 g/mol.